The zero-order valence-corrected chi connectivity index (χ0v) is 19.3. The smallest absolute Gasteiger partial charge is 0.252 e. The molecule has 2 N–H and O–H groups in total. The van der Waals surface area contributed by atoms with E-state index in [1.807, 2.05) is 56.3 Å². The van der Waals surface area contributed by atoms with Crippen molar-refractivity contribution in [1.29, 1.82) is 0 Å². The Labute approximate surface area is 198 Å². The summed E-state index contributed by atoms with van der Waals surface area (Å²) in [5.41, 5.74) is 1.81. The molecule has 34 heavy (non-hydrogen) atoms. The van der Waals surface area contributed by atoms with Crippen LogP contribution in [-0.4, -0.2) is 18.4 Å². The van der Waals surface area contributed by atoms with Crippen molar-refractivity contribution in [2.75, 3.05) is 5.32 Å². The molecule has 0 fully saturated rings. The number of hydrogen-bond acceptors (Lipinski definition) is 3. The maximum atomic E-state index is 13.1. The minimum Gasteiger partial charge on any atom is -0.455 e. The first kappa shape index (κ1) is 24.5. The number of amides is 2. The Balaban J connectivity index is 0.000000192. The van der Waals surface area contributed by atoms with E-state index in [2.05, 4.69) is 10.6 Å². The minimum atomic E-state index is -0.276. The molecular formula is C28H27FN2O3. The van der Waals surface area contributed by atoms with E-state index < -0.39 is 0 Å². The molecule has 0 heterocycles. The van der Waals surface area contributed by atoms with Gasteiger partial charge < -0.3 is 15.4 Å². The number of fused-ring (bicyclic) bond motifs is 1. The van der Waals surface area contributed by atoms with Crippen molar-refractivity contribution < 1.29 is 18.7 Å². The summed E-state index contributed by atoms with van der Waals surface area (Å²) < 4.78 is 18.7. The van der Waals surface area contributed by atoms with Crippen LogP contribution in [0.1, 0.15) is 29.8 Å². The van der Waals surface area contributed by atoms with Crippen LogP contribution in [0.2, 0.25) is 0 Å². The summed E-state index contributed by atoms with van der Waals surface area (Å²) in [6.07, 6.45) is 0.581. The Bertz CT molecular complexity index is 1280. The van der Waals surface area contributed by atoms with Gasteiger partial charge in [0.2, 0.25) is 6.41 Å². The van der Waals surface area contributed by atoms with Crippen LogP contribution in [0.4, 0.5) is 10.1 Å². The van der Waals surface area contributed by atoms with Gasteiger partial charge >= 0.3 is 0 Å². The molecule has 4 aromatic rings. The van der Waals surface area contributed by atoms with Crippen LogP contribution in [0, 0.1) is 12.7 Å². The van der Waals surface area contributed by atoms with Crippen molar-refractivity contribution in [3.05, 3.63) is 102 Å². The Kier molecular flexibility index (Phi) is 8.35. The van der Waals surface area contributed by atoms with Crippen molar-refractivity contribution in [2.45, 2.75) is 26.8 Å². The average molecular weight is 459 g/mol. The normalized spacial score (nSPS) is 10.3. The maximum Gasteiger partial charge on any atom is 0.252 e. The van der Waals surface area contributed by atoms with Gasteiger partial charge in [0.15, 0.2) is 5.75 Å². The zero-order valence-electron chi connectivity index (χ0n) is 19.3. The summed E-state index contributed by atoms with van der Waals surface area (Å²) in [7, 11) is 0. The van der Waals surface area contributed by atoms with Gasteiger partial charge in [-0.05, 0) is 73.5 Å². The number of nitrogens with one attached hydrogen (secondary N) is 2. The molecule has 0 aromatic heterocycles. The van der Waals surface area contributed by atoms with Crippen molar-refractivity contribution in [3.63, 3.8) is 0 Å². The number of rotatable bonds is 6. The Morgan fingerprint density at radius 1 is 0.941 bits per heavy atom. The first-order chi connectivity index (χ1) is 16.4. The van der Waals surface area contributed by atoms with Crippen LogP contribution in [0.15, 0.2) is 84.9 Å². The number of para-hydroxylation sites is 2. The van der Waals surface area contributed by atoms with E-state index in [1.165, 1.54) is 6.07 Å². The molecule has 6 heteroatoms. The molecule has 0 bridgehead atoms. The summed E-state index contributed by atoms with van der Waals surface area (Å²) in [6, 6.07) is 25.4. The molecule has 0 aliphatic carbocycles. The lowest BCUT2D eigenvalue weighted by atomic mass is 10.0. The van der Waals surface area contributed by atoms with Crippen molar-refractivity contribution in [3.8, 4) is 11.5 Å². The highest BCUT2D eigenvalue weighted by Crippen LogP contribution is 2.29. The number of halogens is 1. The SMILES string of the molecule is CC(C)NC(=O)c1cccc2ccccc12.Cc1cc(Oc2ccccc2NC=O)ccc1F. The van der Waals surface area contributed by atoms with Gasteiger partial charge in [-0.3, -0.25) is 9.59 Å². The average Bonchev–Trinajstić information content (AvgIpc) is 2.82. The molecule has 0 unspecified atom stereocenters. The predicted molar refractivity (Wildman–Crippen MR) is 134 cm³/mol. The fourth-order valence-corrected chi connectivity index (χ4v) is 3.31. The third-order valence-electron chi connectivity index (χ3n) is 4.91. The Hall–Kier alpha value is -4.19. The highest BCUT2D eigenvalue weighted by Gasteiger charge is 2.10. The van der Waals surface area contributed by atoms with E-state index in [-0.39, 0.29) is 17.8 Å². The van der Waals surface area contributed by atoms with Crippen LogP contribution in [-0.2, 0) is 4.79 Å². The van der Waals surface area contributed by atoms with E-state index in [0.717, 1.165) is 16.3 Å². The molecule has 0 saturated carbocycles. The Morgan fingerprint density at radius 2 is 1.65 bits per heavy atom. The van der Waals surface area contributed by atoms with Gasteiger partial charge in [-0.1, -0.05) is 48.5 Å². The molecule has 174 valence electrons. The van der Waals surface area contributed by atoms with Crippen molar-refractivity contribution >= 4 is 28.8 Å². The fourth-order valence-electron chi connectivity index (χ4n) is 3.31. The second-order valence-corrected chi connectivity index (χ2v) is 7.93. The highest BCUT2D eigenvalue weighted by molar-refractivity contribution is 6.07. The van der Waals surface area contributed by atoms with Gasteiger partial charge in [0.05, 0.1) is 5.69 Å². The maximum absolute atomic E-state index is 13.1. The van der Waals surface area contributed by atoms with E-state index in [1.54, 1.807) is 43.3 Å². The Morgan fingerprint density at radius 3 is 2.38 bits per heavy atom. The lowest BCUT2D eigenvalue weighted by molar-refractivity contribution is -0.105. The van der Waals surface area contributed by atoms with Crippen molar-refractivity contribution in [1.82, 2.24) is 5.32 Å². The summed E-state index contributed by atoms with van der Waals surface area (Å²) in [5, 5.41) is 7.55. The first-order valence-corrected chi connectivity index (χ1v) is 10.9. The number of anilines is 1. The van der Waals surface area contributed by atoms with Crippen LogP contribution >= 0.6 is 0 Å². The largest absolute Gasteiger partial charge is 0.455 e. The van der Waals surface area contributed by atoms with Crippen LogP contribution in [0.5, 0.6) is 11.5 Å². The van der Waals surface area contributed by atoms with Gasteiger partial charge in [-0.2, -0.15) is 0 Å². The van der Waals surface area contributed by atoms with Gasteiger partial charge in [0, 0.05) is 11.6 Å². The third kappa shape index (κ3) is 6.42. The standard InChI is InChI=1S/C14H12FNO2.C14H15NO/c1-10-8-11(6-7-12(10)15)18-14-5-3-2-4-13(14)16-9-17;1-10(2)15-14(16)13-9-5-7-11-6-3-4-8-12(11)13/h2-9H,1H3,(H,16,17);3-10H,1-2H3,(H,15,16). The number of benzene rings is 4. The van der Waals surface area contributed by atoms with Crippen molar-refractivity contribution in [2.24, 2.45) is 0 Å². The van der Waals surface area contributed by atoms with Gasteiger partial charge in [0.25, 0.3) is 5.91 Å². The van der Waals surface area contributed by atoms with Crippen LogP contribution in [0.3, 0.4) is 0 Å². The van der Waals surface area contributed by atoms with E-state index in [9.17, 15) is 14.0 Å². The van der Waals surface area contributed by atoms with E-state index >= 15 is 0 Å². The fraction of sp³-hybridized carbons (Fsp3) is 0.143. The van der Waals surface area contributed by atoms with Gasteiger partial charge in [-0.15, -0.1) is 0 Å². The van der Waals surface area contributed by atoms with Gasteiger partial charge in [-0.25, -0.2) is 4.39 Å². The lowest BCUT2D eigenvalue weighted by Gasteiger charge is -2.10. The molecule has 5 nitrogen and oxygen atoms in total. The monoisotopic (exact) mass is 458 g/mol. The second kappa shape index (κ2) is 11.6. The molecule has 0 spiro atoms. The summed E-state index contributed by atoms with van der Waals surface area (Å²) in [4.78, 5) is 22.4. The van der Waals surface area contributed by atoms with Crippen LogP contribution < -0.4 is 15.4 Å². The zero-order chi connectivity index (χ0) is 24.5. The quantitative estimate of drug-likeness (QED) is 0.325. The molecular weight excluding hydrogens is 431 g/mol. The molecule has 0 saturated heterocycles. The molecule has 0 aliphatic rings. The molecule has 0 atom stereocenters. The molecule has 4 aromatic carbocycles. The topological polar surface area (TPSA) is 67.4 Å². The highest BCUT2D eigenvalue weighted by atomic mass is 19.1. The number of carbonyl (C=O) groups excluding carboxylic acids is 2. The van der Waals surface area contributed by atoms with E-state index in [4.69, 9.17) is 4.74 Å². The van der Waals surface area contributed by atoms with E-state index in [0.29, 0.717) is 29.2 Å². The number of carbonyl (C=O) groups is 2. The summed E-state index contributed by atoms with van der Waals surface area (Å²) in [5.74, 6) is 0.748. The summed E-state index contributed by atoms with van der Waals surface area (Å²) in [6.45, 7) is 5.59. The molecule has 0 aliphatic heterocycles. The second-order valence-electron chi connectivity index (χ2n) is 7.93. The number of aryl methyl sites for hydroxylation is 1. The molecule has 0 radical (unpaired) electrons. The predicted octanol–water partition coefficient (Wildman–Crippen LogP) is 6.47. The first-order valence-electron chi connectivity index (χ1n) is 10.9. The van der Waals surface area contributed by atoms with Gasteiger partial charge in [0.1, 0.15) is 11.6 Å². The molecule has 2 amide bonds. The number of hydrogen-bond donors (Lipinski definition) is 2. The minimum absolute atomic E-state index is 0.00759. The lowest BCUT2D eigenvalue weighted by Crippen LogP contribution is -2.30. The third-order valence-corrected chi connectivity index (χ3v) is 4.91. The number of ether oxygens (including phenoxy) is 1. The molecule has 4 rings (SSSR count). The summed E-state index contributed by atoms with van der Waals surface area (Å²) >= 11 is 0. The van der Waals surface area contributed by atoms with Crippen LogP contribution in [0.25, 0.3) is 10.8 Å².